The largest absolute Gasteiger partial charge is 0.416 e. The van der Waals surface area contributed by atoms with Crippen LogP contribution < -0.4 is 10.9 Å². The number of fused-ring (bicyclic) bond motifs is 3. The molecule has 0 amide bonds. The number of aromatic nitrogens is 3. The first-order chi connectivity index (χ1) is 15.3. The maximum Gasteiger partial charge on any atom is 0.416 e. The summed E-state index contributed by atoms with van der Waals surface area (Å²) < 4.78 is 41.9. The molecule has 5 rings (SSSR count). The molecule has 32 heavy (non-hydrogen) atoms. The Morgan fingerprint density at radius 1 is 1.03 bits per heavy atom. The average Bonchev–Trinajstić information content (AvgIpc) is 2.93. The number of aryl methyl sites for hydroxylation is 1. The highest BCUT2D eigenvalue weighted by Gasteiger charge is 2.30. The molecule has 0 fully saturated rings. The Hall–Kier alpha value is -3.39. The van der Waals surface area contributed by atoms with Crippen molar-refractivity contribution in [2.75, 3.05) is 6.54 Å². The molecule has 4 aromatic rings. The summed E-state index contributed by atoms with van der Waals surface area (Å²) in [4.78, 5) is 17.6. The molecular formula is C24H21F3N4O. The molecule has 0 radical (unpaired) electrons. The SMILES string of the molecule is Cn1c2c(c3ccc(-n4ccc(-c5ccc(C(F)(F)F)cc5)cc4=O)nc31)CNCCC2. The van der Waals surface area contributed by atoms with Gasteiger partial charge in [-0.05, 0) is 66.4 Å². The van der Waals surface area contributed by atoms with Gasteiger partial charge in [-0.1, -0.05) is 12.1 Å². The fraction of sp³-hybridized carbons (Fsp3) is 0.250. The van der Waals surface area contributed by atoms with Crippen LogP contribution in [0, 0.1) is 0 Å². The zero-order chi connectivity index (χ0) is 22.5. The maximum absolute atomic E-state index is 12.8. The minimum Gasteiger partial charge on any atom is -0.332 e. The average molecular weight is 438 g/mol. The van der Waals surface area contributed by atoms with Gasteiger partial charge in [-0.25, -0.2) is 4.98 Å². The van der Waals surface area contributed by atoms with Gasteiger partial charge in [0.2, 0.25) is 0 Å². The molecule has 4 heterocycles. The third-order valence-corrected chi connectivity index (χ3v) is 6.04. The minimum absolute atomic E-state index is 0.299. The molecule has 0 saturated carbocycles. The lowest BCUT2D eigenvalue weighted by Gasteiger charge is -2.10. The standard InChI is InChI=1S/C24H21F3N4O/c1-30-20-3-2-11-28-14-19(20)18-8-9-21(29-23(18)30)31-12-10-16(13-22(31)32)15-4-6-17(7-5-15)24(25,26)27/h4-10,12-13,28H,2-3,11,14H2,1H3. The van der Waals surface area contributed by atoms with Crippen LogP contribution in [-0.2, 0) is 26.2 Å². The van der Waals surface area contributed by atoms with E-state index in [9.17, 15) is 18.0 Å². The van der Waals surface area contributed by atoms with Gasteiger partial charge < -0.3 is 9.88 Å². The molecule has 164 valence electrons. The van der Waals surface area contributed by atoms with Crippen molar-refractivity contribution in [2.45, 2.75) is 25.6 Å². The van der Waals surface area contributed by atoms with Crippen molar-refractivity contribution in [3.63, 3.8) is 0 Å². The number of alkyl halides is 3. The highest BCUT2D eigenvalue weighted by molar-refractivity contribution is 5.83. The molecule has 5 nitrogen and oxygen atoms in total. The van der Waals surface area contributed by atoms with Gasteiger partial charge in [-0.15, -0.1) is 0 Å². The second-order valence-corrected chi connectivity index (χ2v) is 8.00. The van der Waals surface area contributed by atoms with Crippen molar-refractivity contribution in [2.24, 2.45) is 7.05 Å². The van der Waals surface area contributed by atoms with Crippen molar-refractivity contribution in [3.05, 3.63) is 81.9 Å². The zero-order valence-corrected chi connectivity index (χ0v) is 17.4. The Morgan fingerprint density at radius 2 is 1.81 bits per heavy atom. The van der Waals surface area contributed by atoms with Gasteiger partial charge in [-0.3, -0.25) is 9.36 Å². The van der Waals surface area contributed by atoms with Crippen LogP contribution in [0.3, 0.4) is 0 Å². The lowest BCUT2D eigenvalue weighted by Crippen LogP contribution is -2.18. The number of rotatable bonds is 2. The van der Waals surface area contributed by atoms with Crippen molar-refractivity contribution in [3.8, 4) is 16.9 Å². The Labute approximate surface area is 182 Å². The second-order valence-electron chi connectivity index (χ2n) is 8.00. The van der Waals surface area contributed by atoms with Crippen molar-refractivity contribution in [1.29, 1.82) is 0 Å². The van der Waals surface area contributed by atoms with Crippen LogP contribution in [0.15, 0.2) is 59.5 Å². The first kappa shape index (κ1) is 20.5. The molecule has 1 aromatic carbocycles. The predicted molar refractivity (Wildman–Crippen MR) is 117 cm³/mol. The van der Waals surface area contributed by atoms with E-state index in [2.05, 4.69) is 9.88 Å². The molecule has 0 atom stereocenters. The summed E-state index contributed by atoms with van der Waals surface area (Å²) in [6.45, 7) is 1.79. The van der Waals surface area contributed by atoms with Gasteiger partial charge in [0, 0.05) is 36.9 Å². The van der Waals surface area contributed by atoms with Crippen LogP contribution in [0.5, 0.6) is 0 Å². The maximum atomic E-state index is 12.8. The molecular weight excluding hydrogens is 417 g/mol. The topological polar surface area (TPSA) is 51.9 Å². The van der Waals surface area contributed by atoms with Gasteiger partial charge in [0.15, 0.2) is 0 Å². The molecule has 1 N–H and O–H groups in total. The molecule has 0 saturated heterocycles. The summed E-state index contributed by atoms with van der Waals surface area (Å²) in [5.41, 5.74) is 3.43. The van der Waals surface area contributed by atoms with Crippen LogP contribution in [0.25, 0.3) is 28.0 Å². The quantitative estimate of drug-likeness (QED) is 0.503. The summed E-state index contributed by atoms with van der Waals surface area (Å²) in [7, 11) is 2.00. The second kappa shape index (κ2) is 7.63. The third-order valence-electron chi connectivity index (χ3n) is 6.04. The van der Waals surface area contributed by atoms with Gasteiger partial charge in [0.25, 0.3) is 5.56 Å². The Bertz CT molecular complexity index is 1370. The monoisotopic (exact) mass is 438 g/mol. The number of benzene rings is 1. The van der Waals surface area contributed by atoms with E-state index in [1.807, 2.05) is 19.2 Å². The minimum atomic E-state index is -4.39. The van der Waals surface area contributed by atoms with E-state index >= 15 is 0 Å². The highest BCUT2D eigenvalue weighted by Crippen LogP contribution is 2.31. The molecule has 1 aliphatic heterocycles. The van der Waals surface area contributed by atoms with Gasteiger partial charge in [0.1, 0.15) is 11.5 Å². The molecule has 0 aliphatic carbocycles. The van der Waals surface area contributed by atoms with Crippen LogP contribution >= 0.6 is 0 Å². The van der Waals surface area contributed by atoms with E-state index in [0.717, 1.165) is 49.1 Å². The molecule has 1 aliphatic rings. The van der Waals surface area contributed by atoms with Gasteiger partial charge in [0.05, 0.1) is 5.56 Å². The number of nitrogens with one attached hydrogen (secondary N) is 1. The number of hydrogen-bond donors (Lipinski definition) is 1. The summed E-state index contributed by atoms with van der Waals surface area (Å²) in [5.74, 6) is 0.505. The molecule has 3 aromatic heterocycles. The summed E-state index contributed by atoms with van der Waals surface area (Å²) in [6.07, 6.45) is -0.738. The Kier molecular flexibility index (Phi) is 4.89. The van der Waals surface area contributed by atoms with E-state index in [1.54, 1.807) is 12.3 Å². The normalized spacial score (nSPS) is 14.4. The molecule has 0 spiro atoms. The van der Waals surface area contributed by atoms with Crippen molar-refractivity contribution in [1.82, 2.24) is 19.4 Å². The third kappa shape index (κ3) is 3.50. The van der Waals surface area contributed by atoms with Crippen LogP contribution in [0.2, 0.25) is 0 Å². The van der Waals surface area contributed by atoms with Crippen LogP contribution in [0.4, 0.5) is 13.2 Å². The number of nitrogens with zero attached hydrogens (tertiary/aromatic N) is 3. The molecule has 0 bridgehead atoms. The summed E-state index contributed by atoms with van der Waals surface area (Å²) in [6, 6.07) is 11.7. The first-order valence-electron chi connectivity index (χ1n) is 10.4. The molecule has 8 heteroatoms. The first-order valence-corrected chi connectivity index (χ1v) is 10.4. The lowest BCUT2D eigenvalue weighted by molar-refractivity contribution is -0.137. The lowest BCUT2D eigenvalue weighted by atomic mass is 10.0. The van der Waals surface area contributed by atoms with Crippen LogP contribution in [0.1, 0.15) is 23.2 Å². The fourth-order valence-corrected chi connectivity index (χ4v) is 4.36. The Morgan fingerprint density at radius 3 is 2.53 bits per heavy atom. The van der Waals surface area contributed by atoms with E-state index < -0.39 is 11.7 Å². The van der Waals surface area contributed by atoms with E-state index in [1.165, 1.54) is 34.0 Å². The van der Waals surface area contributed by atoms with Crippen molar-refractivity contribution >= 4 is 11.0 Å². The highest BCUT2D eigenvalue weighted by atomic mass is 19.4. The van der Waals surface area contributed by atoms with Crippen LogP contribution in [-0.4, -0.2) is 20.7 Å². The van der Waals surface area contributed by atoms with E-state index in [0.29, 0.717) is 16.9 Å². The number of halogens is 3. The predicted octanol–water partition coefficient (Wildman–Crippen LogP) is 4.45. The van der Waals surface area contributed by atoms with Crippen molar-refractivity contribution < 1.29 is 13.2 Å². The summed E-state index contributed by atoms with van der Waals surface area (Å²) >= 11 is 0. The zero-order valence-electron chi connectivity index (χ0n) is 17.4. The fourth-order valence-electron chi connectivity index (χ4n) is 4.36. The Balaban J connectivity index is 1.52. The molecule has 0 unspecified atom stereocenters. The number of hydrogen-bond acceptors (Lipinski definition) is 3. The smallest absolute Gasteiger partial charge is 0.332 e. The van der Waals surface area contributed by atoms with E-state index in [-0.39, 0.29) is 5.56 Å². The number of pyridine rings is 2. The summed E-state index contributed by atoms with van der Waals surface area (Å²) in [5, 5.41) is 4.52. The van der Waals surface area contributed by atoms with Gasteiger partial charge >= 0.3 is 6.18 Å². The van der Waals surface area contributed by atoms with E-state index in [4.69, 9.17) is 4.98 Å². The van der Waals surface area contributed by atoms with Gasteiger partial charge in [-0.2, -0.15) is 13.2 Å².